The van der Waals surface area contributed by atoms with Gasteiger partial charge in [-0.3, -0.25) is 4.90 Å². The van der Waals surface area contributed by atoms with Crippen LogP contribution in [0.5, 0.6) is 5.75 Å². The van der Waals surface area contributed by atoms with E-state index in [1.807, 2.05) is 49.4 Å². The molecule has 1 fully saturated rings. The Bertz CT molecular complexity index is 623. The number of aliphatic hydroxyl groups excluding tert-OH is 1. The Hall–Kier alpha value is -1.88. The van der Waals surface area contributed by atoms with E-state index >= 15 is 0 Å². The van der Waals surface area contributed by atoms with Crippen molar-refractivity contribution in [3.05, 3.63) is 65.7 Å². The molecule has 0 radical (unpaired) electrons. The summed E-state index contributed by atoms with van der Waals surface area (Å²) in [6.07, 6.45) is -0.540. The summed E-state index contributed by atoms with van der Waals surface area (Å²) in [7, 11) is 0. The van der Waals surface area contributed by atoms with Crippen molar-refractivity contribution in [2.75, 3.05) is 39.5 Å². The fourth-order valence-corrected chi connectivity index (χ4v) is 3.31. The van der Waals surface area contributed by atoms with Crippen LogP contribution in [-0.2, 0) is 4.74 Å². The molecule has 2 unspecified atom stereocenters. The van der Waals surface area contributed by atoms with Crippen LogP contribution in [0.15, 0.2) is 54.6 Å². The Morgan fingerprint density at radius 1 is 1.00 bits per heavy atom. The Morgan fingerprint density at radius 2 is 1.68 bits per heavy atom. The average Bonchev–Trinajstić information content (AvgIpc) is 2.68. The summed E-state index contributed by atoms with van der Waals surface area (Å²) < 4.78 is 11.0. The molecule has 1 heterocycles. The summed E-state index contributed by atoms with van der Waals surface area (Å²) in [6.45, 7) is 6.80. The first kappa shape index (κ1) is 17.9. The summed E-state index contributed by atoms with van der Waals surface area (Å²) >= 11 is 0. The monoisotopic (exact) mass is 341 g/mol. The van der Waals surface area contributed by atoms with E-state index in [9.17, 15) is 5.11 Å². The van der Waals surface area contributed by atoms with Crippen LogP contribution in [-0.4, -0.2) is 49.5 Å². The van der Waals surface area contributed by atoms with Gasteiger partial charge in [0.05, 0.1) is 25.9 Å². The summed E-state index contributed by atoms with van der Waals surface area (Å²) in [5, 5.41) is 11.0. The van der Waals surface area contributed by atoms with Crippen LogP contribution in [0.3, 0.4) is 0 Å². The van der Waals surface area contributed by atoms with Crippen molar-refractivity contribution in [3.63, 3.8) is 0 Å². The summed E-state index contributed by atoms with van der Waals surface area (Å²) in [6, 6.07) is 18.0. The van der Waals surface area contributed by atoms with Gasteiger partial charge in [0.15, 0.2) is 0 Å². The van der Waals surface area contributed by atoms with Crippen molar-refractivity contribution < 1.29 is 14.6 Å². The second-order valence-electron chi connectivity index (χ2n) is 6.38. The Labute approximate surface area is 150 Å². The molecule has 1 N–H and O–H groups in total. The van der Waals surface area contributed by atoms with Crippen molar-refractivity contribution in [1.82, 2.24) is 4.90 Å². The number of hydrogen-bond donors (Lipinski definition) is 1. The zero-order valence-corrected chi connectivity index (χ0v) is 14.8. The topological polar surface area (TPSA) is 41.9 Å². The van der Waals surface area contributed by atoms with Crippen molar-refractivity contribution in [1.29, 1.82) is 0 Å². The first-order valence-corrected chi connectivity index (χ1v) is 9.04. The highest BCUT2D eigenvalue weighted by atomic mass is 16.5. The summed E-state index contributed by atoms with van der Waals surface area (Å²) in [4.78, 5) is 2.37. The third kappa shape index (κ3) is 4.82. The van der Waals surface area contributed by atoms with Gasteiger partial charge < -0.3 is 14.6 Å². The zero-order valence-electron chi connectivity index (χ0n) is 14.8. The number of morpholine rings is 1. The van der Waals surface area contributed by atoms with Gasteiger partial charge in [0.25, 0.3) is 0 Å². The molecule has 2 aromatic rings. The van der Waals surface area contributed by atoms with Gasteiger partial charge in [-0.25, -0.2) is 0 Å². The molecule has 1 saturated heterocycles. The van der Waals surface area contributed by atoms with Crippen molar-refractivity contribution in [2.45, 2.75) is 18.9 Å². The van der Waals surface area contributed by atoms with Gasteiger partial charge in [0.2, 0.25) is 0 Å². The summed E-state index contributed by atoms with van der Waals surface area (Å²) in [5.74, 6) is 0.877. The van der Waals surface area contributed by atoms with Crippen LogP contribution in [0.1, 0.15) is 30.1 Å². The highest BCUT2D eigenvalue weighted by Crippen LogP contribution is 2.33. The Balaban J connectivity index is 1.82. The largest absolute Gasteiger partial charge is 0.494 e. The van der Waals surface area contributed by atoms with Gasteiger partial charge in [0, 0.05) is 25.6 Å². The first-order valence-electron chi connectivity index (χ1n) is 9.04. The number of benzene rings is 2. The minimum Gasteiger partial charge on any atom is -0.494 e. The molecule has 134 valence electrons. The quantitative estimate of drug-likeness (QED) is 0.839. The smallest absolute Gasteiger partial charge is 0.119 e. The van der Waals surface area contributed by atoms with E-state index < -0.39 is 6.10 Å². The second kappa shape index (κ2) is 8.99. The first-order chi connectivity index (χ1) is 12.3. The fourth-order valence-electron chi connectivity index (χ4n) is 3.31. The molecular formula is C21H27NO3. The molecule has 2 aromatic carbocycles. The maximum Gasteiger partial charge on any atom is 0.119 e. The Kier molecular flexibility index (Phi) is 6.45. The van der Waals surface area contributed by atoms with Crippen LogP contribution in [0.4, 0.5) is 0 Å². The molecule has 0 aromatic heterocycles. The lowest BCUT2D eigenvalue weighted by atomic mass is 9.88. The molecule has 25 heavy (non-hydrogen) atoms. The molecule has 1 aliphatic rings. The molecule has 0 spiro atoms. The van der Waals surface area contributed by atoms with Gasteiger partial charge in [-0.1, -0.05) is 42.5 Å². The van der Waals surface area contributed by atoms with Gasteiger partial charge in [-0.2, -0.15) is 0 Å². The van der Waals surface area contributed by atoms with Crippen LogP contribution in [0.25, 0.3) is 0 Å². The average molecular weight is 341 g/mol. The minimum atomic E-state index is -0.540. The number of aliphatic hydroxyl groups is 1. The molecule has 0 aliphatic carbocycles. The standard InChI is InChI=1S/C21H27NO3/c1-2-25-19-10-8-17(9-11-19)20(16-22-12-14-24-15-13-22)21(23)18-6-4-3-5-7-18/h3-11,20-21,23H,2,12-16H2,1H3. The zero-order chi connectivity index (χ0) is 17.5. The van der Waals surface area contributed by atoms with Gasteiger partial charge in [-0.05, 0) is 30.2 Å². The maximum absolute atomic E-state index is 11.0. The van der Waals surface area contributed by atoms with E-state index in [-0.39, 0.29) is 5.92 Å². The molecular weight excluding hydrogens is 314 g/mol. The van der Waals surface area contributed by atoms with Crippen LogP contribution < -0.4 is 4.74 Å². The lowest BCUT2D eigenvalue weighted by molar-refractivity contribution is 0.0240. The number of ether oxygens (including phenoxy) is 2. The Morgan fingerprint density at radius 3 is 2.32 bits per heavy atom. The molecule has 3 rings (SSSR count). The number of rotatable bonds is 7. The van der Waals surface area contributed by atoms with Gasteiger partial charge in [-0.15, -0.1) is 0 Å². The lowest BCUT2D eigenvalue weighted by Crippen LogP contribution is -2.39. The van der Waals surface area contributed by atoms with Crippen LogP contribution in [0, 0.1) is 0 Å². The number of hydrogen-bond acceptors (Lipinski definition) is 4. The van der Waals surface area contributed by atoms with E-state index in [0.29, 0.717) is 6.61 Å². The highest BCUT2D eigenvalue weighted by Gasteiger charge is 2.26. The predicted octanol–water partition coefficient (Wildman–Crippen LogP) is 3.23. The van der Waals surface area contributed by atoms with Crippen molar-refractivity contribution in [3.8, 4) is 5.75 Å². The lowest BCUT2D eigenvalue weighted by Gasteiger charge is -2.33. The van der Waals surface area contributed by atoms with E-state index in [1.54, 1.807) is 0 Å². The molecule has 0 amide bonds. The summed E-state index contributed by atoms with van der Waals surface area (Å²) in [5.41, 5.74) is 2.08. The highest BCUT2D eigenvalue weighted by molar-refractivity contribution is 5.32. The van der Waals surface area contributed by atoms with Crippen LogP contribution >= 0.6 is 0 Å². The van der Waals surface area contributed by atoms with Gasteiger partial charge >= 0.3 is 0 Å². The second-order valence-corrected chi connectivity index (χ2v) is 6.38. The fraction of sp³-hybridized carbons (Fsp3) is 0.429. The van der Waals surface area contributed by atoms with E-state index in [2.05, 4.69) is 17.0 Å². The van der Waals surface area contributed by atoms with E-state index in [1.165, 1.54) is 0 Å². The van der Waals surface area contributed by atoms with E-state index in [0.717, 1.165) is 49.7 Å². The van der Waals surface area contributed by atoms with Crippen molar-refractivity contribution >= 4 is 0 Å². The minimum absolute atomic E-state index is 0.0103. The predicted molar refractivity (Wildman–Crippen MR) is 99.0 cm³/mol. The molecule has 0 bridgehead atoms. The molecule has 0 saturated carbocycles. The molecule has 4 nitrogen and oxygen atoms in total. The molecule has 4 heteroatoms. The maximum atomic E-state index is 11.0. The molecule has 1 aliphatic heterocycles. The SMILES string of the molecule is CCOc1ccc(C(CN2CCOCC2)C(O)c2ccccc2)cc1. The van der Waals surface area contributed by atoms with Gasteiger partial charge in [0.1, 0.15) is 5.75 Å². The van der Waals surface area contributed by atoms with E-state index in [4.69, 9.17) is 9.47 Å². The van der Waals surface area contributed by atoms with Crippen LogP contribution in [0.2, 0.25) is 0 Å². The third-order valence-electron chi connectivity index (χ3n) is 4.70. The third-order valence-corrected chi connectivity index (χ3v) is 4.70. The van der Waals surface area contributed by atoms with Crippen molar-refractivity contribution in [2.24, 2.45) is 0 Å². The normalized spacial score (nSPS) is 17.8. The molecule has 2 atom stereocenters. The number of nitrogens with zero attached hydrogens (tertiary/aromatic N) is 1.